The second kappa shape index (κ2) is 6.61. The normalized spacial score (nSPS) is 21.3. The van der Waals surface area contributed by atoms with Gasteiger partial charge in [0.2, 0.25) is 0 Å². The lowest BCUT2D eigenvalue weighted by molar-refractivity contribution is 0.0697. The fourth-order valence-electron chi connectivity index (χ4n) is 2.83. The Morgan fingerprint density at radius 2 is 2.00 bits per heavy atom. The van der Waals surface area contributed by atoms with Gasteiger partial charge in [-0.2, -0.15) is 0 Å². The van der Waals surface area contributed by atoms with E-state index in [1.54, 1.807) is 24.3 Å². The number of aromatic carboxylic acids is 1. The number of urea groups is 1. The molecule has 5 nitrogen and oxygen atoms in total. The average molecular weight is 290 g/mol. The van der Waals surface area contributed by atoms with Gasteiger partial charge < -0.3 is 15.3 Å². The summed E-state index contributed by atoms with van der Waals surface area (Å²) >= 11 is 0. The van der Waals surface area contributed by atoms with Crippen molar-refractivity contribution < 1.29 is 14.7 Å². The molecule has 0 bridgehead atoms. The molecule has 21 heavy (non-hydrogen) atoms. The van der Waals surface area contributed by atoms with Crippen molar-refractivity contribution in [1.82, 2.24) is 10.2 Å². The quantitative estimate of drug-likeness (QED) is 0.895. The molecule has 1 aromatic rings. The third kappa shape index (κ3) is 3.74. The van der Waals surface area contributed by atoms with Gasteiger partial charge in [-0.25, -0.2) is 9.59 Å². The molecular formula is C16H22N2O3. The van der Waals surface area contributed by atoms with Crippen LogP contribution in [0.5, 0.6) is 0 Å². The second-order valence-corrected chi connectivity index (χ2v) is 5.72. The Morgan fingerprint density at radius 3 is 2.57 bits per heavy atom. The van der Waals surface area contributed by atoms with Gasteiger partial charge in [0, 0.05) is 19.1 Å². The van der Waals surface area contributed by atoms with E-state index in [2.05, 4.69) is 19.2 Å². The van der Waals surface area contributed by atoms with Crippen LogP contribution in [-0.2, 0) is 6.54 Å². The van der Waals surface area contributed by atoms with Gasteiger partial charge in [0.1, 0.15) is 0 Å². The van der Waals surface area contributed by atoms with E-state index < -0.39 is 5.97 Å². The van der Waals surface area contributed by atoms with Gasteiger partial charge in [0.25, 0.3) is 0 Å². The lowest BCUT2D eigenvalue weighted by atomic mass is 10.1. The Kier molecular flexibility index (Phi) is 4.83. The molecule has 2 atom stereocenters. The topological polar surface area (TPSA) is 69.6 Å². The Bertz CT molecular complexity index is 513. The summed E-state index contributed by atoms with van der Waals surface area (Å²) in [4.78, 5) is 24.9. The number of hydrogen-bond acceptors (Lipinski definition) is 2. The minimum absolute atomic E-state index is 0.0338. The van der Waals surface area contributed by atoms with Crippen molar-refractivity contribution in [3.63, 3.8) is 0 Å². The summed E-state index contributed by atoms with van der Waals surface area (Å²) in [5.74, 6) is -0.391. The van der Waals surface area contributed by atoms with Crippen LogP contribution in [0.15, 0.2) is 24.3 Å². The highest BCUT2D eigenvalue weighted by molar-refractivity contribution is 5.87. The maximum atomic E-state index is 12.2. The van der Waals surface area contributed by atoms with Crippen molar-refractivity contribution in [2.24, 2.45) is 5.92 Å². The molecule has 0 aromatic heterocycles. The molecule has 1 fully saturated rings. The molecule has 1 aliphatic heterocycles. The smallest absolute Gasteiger partial charge is 0.335 e. The van der Waals surface area contributed by atoms with Gasteiger partial charge >= 0.3 is 12.0 Å². The molecule has 1 saturated heterocycles. The van der Waals surface area contributed by atoms with E-state index in [4.69, 9.17) is 5.11 Å². The standard InChI is InChI=1S/C16H22N2O3/c1-3-14-8-11(2)10-18(14)16(21)17-9-12-4-6-13(7-5-12)15(19)20/h4-7,11,14H,3,8-10H2,1-2H3,(H,17,21)(H,19,20). The molecule has 0 spiro atoms. The summed E-state index contributed by atoms with van der Waals surface area (Å²) in [6, 6.07) is 6.86. The van der Waals surface area contributed by atoms with E-state index in [0.29, 0.717) is 18.5 Å². The third-order valence-electron chi connectivity index (χ3n) is 4.00. The Hall–Kier alpha value is -2.04. The van der Waals surface area contributed by atoms with Crippen molar-refractivity contribution in [2.75, 3.05) is 6.54 Å². The van der Waals surface area contributed by atoms with E-state index in [9.17, 15) is 9.59 Å². The molecule has 114 valence electrons. The zero-order chi connectivity index (χ0) is 15.4. The highest BCUT2D eigenvalue weighted by atomic mass is 16.4. The second-order valence-electron chi connectivity index (χ2n) is 5.72. The number of carbonyl (C=O) groups excluding carboxylic acids is 1. The Morgan fingerprint density at radius 1 is 1.33 bits per heavy atom. The minimum atomic E-state index is -0.942. The molecule has 2 amide bonds. The molecule has 2 rings (SSSR count). The van der Waals surface area contributed by atoms with Crippen LogP contribution in [-0.4, -0.2) is 34.6 Å². The van der Waals surface area contributed by atoms with E-state index in [0.717, 1.165) is 24.9 Å². The van der Waals surface area contributed by atoms with Crippen molar-refractivity contribution in [1.29, 1.82) is 0 Å². The van der Waals surface area contributed by atoms with E-state index in [1.165, 1.54) is 0 Å². The number of benzene rings is 1. The van der Waals surface area contributed by atoms with Crippen molar-refractivity contribution in [3.8, 4) is 0 Å². The zero-order valence-electron chi connectivity index (χ0n) is 12.5. The van der Waals surface area contributed by atoms with Crippen LogP contribution in [0.3, 0.4) is 0 Å². The molecule has 1 aliphatic rings. The number of nitrogens with one attached hydrogen (secondary N) is 1. The number of likely N-dealkylation sites (tertiary alicyclic amines) is 1. The monoisotopic (exact) mass is 290 g/mol. The molecule has 0 saturated carbocycles. The maximum absolute atomic E-state index is 12.2. The predicted octanol–water partition coefficient (Wildman–Crippen LogP) is 2.71. The first kappa shape index (κ1) is 15.4. The van der Waals surface area contributed by atoms with Crippen LogP contribution >= 0.6 is 0 Å². The van der Waals surface area contributed by atoms with Crippen molar-refractivity contribution in [2.45, 2.75) is 39.3 Å². The number of carbonyl (C=O) groups is 2. The molecule has 0 aliphatic carbocycles. The van der Waals surface area contributed by atoms with Crippen LogP contribution in [0, 0.1) is 5.92 Å². The third-order valence-corrected chi connectivity index (χ3v) is 4.00. The number of rotatable bonds is 4. The summed E-state index contributed by atoms with van der Waals surface area (Å²) < 4.78 is 0. The highest BCUT2D eigenvalue weighted by Gasteiger charge is 2.31. The number of carboxylic acid groups (broad SMARTS) is 1. The highest BCUT2D eigenvalue weighted by Crippen LogP contribution is 2.24. The van der Waals surface area contributed by atoms with E-state index in [-0.39, 0.29) is 11.6 Å². The van der Waals surface area contributed by atoms with Crippen LogP contribution in [0.25, 0.3) is 0 Å². The SMILES string of the molecule is CCC1CC(C)CN1C(=O)NCc1ccc(C(=O)O)cc1. The first-order valence-electron chi connectivity index (χ1n) is 7.38. The number of hydrogen-bond donors (Lipinski definition) is 2. The molecule has 5 heteroatoms. The molecular weight excluding hydrogens is 268 g/mol. The summed E-state index contributed by atoms with van der Waals surface area (Å²) in [5, 5.41) is 11.8. The summed E-state index contributed by atoms with van der Waals surface area (Å²) in [6.45, 7) is 5.50. The van der Waals surface area contributed by atoms with E-state index >= 15 is 0 Å². The van der Waals surface area contributed by atoms with Crippen molar-refractivity contribution in [3.05, 3.63) is 35.4 Å². The Balaban J connectivity index is 1.90. The molecule has 0 radical (unpaired) electrons. The molecule has 2 N–H and O–H groups in total. The minimum Gasteiger partial charge on any atom is -0.478 e. The molecule has 1 aromatic carbocycles. The summed E-state index contributed by atoms with van der Waals surface area (Å²) in [7, 11) is 0. The average Bonchev–Trinajstić information content (AvgIpc) is 2.86. The fraction of sp³-hybridized carbons (Fsp3) is 0.500. The zero-order valence-corrected chi connectivity index (χ0v) is 12.5. The first-order chi connectivity index (χ1) is 10.0. The van der Waals surface area contributed by atoms with Gasteiger partial charge in [0.05, 0.1) is 5.56 Å². The summed E-state index contributed by atoms with van der Waals surface area (Å²) in [5.41, 5.74) is 1.15. The van der Waals surface area contributed by atoms with E-state index in [1.807, 2.05) is 4.90 Å². The van der Waals surface area contributed by atoms with Gasteiger partial charge in [-0.05, 0) is 36.5 Å². The number of nitrogens with zero attached hydrogens (tertiary/aromatic N) is 1. The van der Waals surface area contributed by atoms with Gasteiger partial charge in [-0.15, -0.1) is 0 Å². The van der Waals surface area contributed by atoms with Crippen molar-refractivity contribution >= 4 is 12.0 Å². The fourth-order valence-corrected chi connectivity index (χ4v) is 2.83. The molecule has 2 unspecified atom stereocenters. The summed E-state index contributed by atoms with van der Waals surface area (Å²) in [6.07, 6.45) is 2.04. The van der Waals surface area contributed by atoms with Crippen LogP contribution in [0.4, 0.5) is 4.79 Å². The lowest BCUT2D eigenvalue weighted by Crippen LogP contribution is -2.42. The number of carboxylic acids is 1. The van der Waals surface area contributed by atoms with Gasteiger partial charge in [-0.1, -0.05) is 26.0 Å². The Labute approximate surface area is 125 Å². The van der Waals surface area contributed by atoms with Gasteiger partial charge in [-0.3, -0.25) is 0 Å². The molecule has 1 heterocycles. The lowest BCUT2D eigenvalue weighted by Gasteiger charge is -2.24. The first-order valence-corrected chi connectivity index (χ1v) is 7.38. The largest absolute Gasteiger partial charge is 0.478 e. The van der Waals surface area contributed by atoms with Gasteiger partial charge in [0.15, 0.2) is 0 Å². The van der Waals surface area contributed by atoms with Crippen LogP contribution in [0.2, 0.25) is 0 Å². The maximum Gasteiger partial charge on any atom is 0.335 e. The van der Waals surface area contributed by atoms with Crippen LogP contribution < -0.4 is 5.32 Å². The number of amides is 2. The predicted molar refractivity (Wildman–Crippen MR) is 80.2 cm³/mol. The van der Waals surface area contributed by atoms with Crippen LogP contribution in [0.1, 0.15) is 42.6 Å².